The van der Waals surface area contributed by atoms with Crippen LogP contribution in [0.2, 0.25) is 0 Å². The molecule has 0 bridgehead atoms. The summed E-state index contributed by atoms with van der Waals surface area (Å²) >= 11 is 0. The number of ether oxygens (including phenoxy) is 1. The molecule has 0 amide bonds. The molecular formula is C17H20N2O3. The zero-order chi connectivity index (χ0) is 16.3. The molecule has 0 radical (unpaired) electrons. The second-order valence-electron chi connectivity index (χ2n) is 5.61. The van der Waals surface area contributed by atoms with Crippen molar-refractivity contribution in [2.45, 2.75) is 27.3 Å². The molecule has 0 aliphatic carbocycles. The maximum atomic E-state index is 12.3. The fourth-order valence-electron chi connectivity index (χ4n) is 2.17. The average Bonchev–Trinajstić information content (AvgIpc) is 2.48. The van der Waals surface area contributed by atoms with E-state index in [1.807, 2.05) is 38.1 Å². The Labute approximate surface area is 129 Å². The second-order valence-corrected chi connectivity index (χ2v) is 5.61. The molecule has 1 heterocycles. The van der Waals surface area contributed by atoms with Gasteiger partial charge in [-0.2, -0.15) is 5.10 Å². The van der Waals surface area contributed by atoms with E-state index in [2.05, 4.69) is 5.10 Å². The molecule has 5 heteroatoms. The van der Waals surface area contributed by atoms with Gasteiger partial charge >= 0.3 is 0 Å². The van der Waals surface area contributed by atoms with Crippen LogP contribution >= 0.6 is 0 Å². The first-order valence-electron chi connectivity index (χ1n) is 7.20. The van der Waals surface area contributed by atoms with Gasteiger partial charge in [-0.25, -0.2) is 4.68 Å². The summed E-state index contributed by atoms with van der Waals surface area (Å²) in [6.07, 6.45) is 0. The number of benzene rings is 1. The minimum atomic E-state index is -0.335. The van der Waals surface area contributed by atoms with Crippen molar-refractivity contribution in [2.24, 2.45) is 5.92 Å². The predicted octanol–water partition coefficient (Wildman–Crippen LogP) is 2.78. The molecule has 0 fully saturated rings. The Kier molecular flexibility index (Phi) is 4.75. The van der Waals surface area contributed by atoms with Crippen LogP contribution in [0.5, 0.6) is 5.75 Å². The molecule has 22 heavy (non-hydrogen) atoms. The number of hydrogen-bond acceptors (Lipinski definition) is 4. The number of carbonyl (C=O) groups is 1. The molecule has 1 aromatic carbocycles. The summed E-state index contributed by atoms with van der Waals surface area (Å²) in [7, 11) is 1.60. The standard InChI is InChI=1S/C17H20N2O3/c1-11(2)10-19-17(21)15(12(3)20)9-16(18-19)13-5-7-14(22-4)8-6-13/h5-9,11H,10H2,1-4H3. The molecule has 0 saturated heterocycles. The van der Waals surface area contributed by atoms with Crippen LogP contribution in [-0.2, 0) is 6.54 Å². The quantitative estimate of drug-likeness (QED) is 0.797. The van der Waals surface area contributed by atoms with Crippen molar-refractivity contribution in [2.75, 3.05) is 7.11 Å². The van der Waals surface area contributed by atoms with Gasteiger partial charge in [-0.15, -0.1) is 0 Å². The normalized spacial score (nSPS) is 10.8. The Morgan fingerprint density at radius 2 is 1.91 bits per heavy atom. The Morgan fingerprint density at radius 3 is 2.41 bits per heavy atom. The zero-order valence-corrected chi connectivity index (χ0v) is 13.3. The lowest BCUT2D eigenvalue weighted by molar-refractivity contribution is 0.101. The van der Waals surface area contributed by atoms with Crippen molar-refractivity contribution in [3.63, 3.8) is 0 Å². The highest BCUT2D eigenvalue weighted by atomic mass is 16.5. The van der Waals surface area contributed by atoms with Crippen molar-refractivity contribution in [1.29, 1.82) is 0 Å². The fraction of sp³-hybridized carbons (Fsp3) is 0.353. The average molecular weight is 300 g/mol. The molecule has 1 aromatic heterocycles. The molecule has 2 rings (SSSR count). The van der Waals surface area contributed by atoms with Gasteiger partial charge < -0.3 is 4.74 Å². The van der Waals surface area contributed by atoms with E-state index in [-0.39, 0.29) is 22.8 Å². The number of methoxy groups -OCH3 is 1. The molecule has 0 unspecified atom stereocenters. The molecule has 0 atom stereocenters. The lowest BCUT2D eigenvalue weighted by Gasteiger charge is -2.11. The first kappa shape index (κ1) is 15.9. The number of nitrogens with zero attached hydrogens (tertiary/aromatic N) is 2. The van der Waals surface area contributed by atoms with Gasteiger partial charge in [0.15, 0.2) is 5.78 Å². The van der Waals surface area contributed by atoms with Crippen LogP contribution in [0.1, 0.15) is 31.1 Å². The minimum absolute atomic E-state index is 0.168. The Bertz CT molecular complexity index is 731. The maximum Gasteiger partial charge on any atom is 0.277 e. The highest BCUT2D eigenvalue weighted by Crippen LogP contribution is 2.20. The van der Waals surface area contributed by atoms with E-state index in [1.165, 1.54) is 11.6 Å². The first-order valence-corrected chi connectivity index (χ1v) is 7.20. The van der Waals surface area contributed by atoms with Crippen molar-refractivity contribution in [3.05, 3.63) is 46.2 Å². The van der Waals surface area contributed by atoms with Gasteiger partial charge in [0.1, 0.15) is 5.75 Å². The number of Topliss-reactive ketones (excluding diaryl/α,β-unsaturated/α-hetero) is 1. The largest absolute Gasteiger partial charge is 0.497 e. The van der Waals surface area contributed by atoms with E-state index < -0.39 is 0 Å². The summed E-state index contributed by atoms with van der Waals surface area (Å²) in [6, 6.07) is 8.92. The smallest absolute Gasteiger partial charge is 0.277 e. The molecule has 116 valence electrons. The molecule has 0 N–H and O–H groups in total. The Balaban J connectivity index is 2.57. The molecular weight excluding hydrogens is 280 g/mol. The molecule has 0 spiro atoms. The lowest BCUT2D eigenvalue weighted by Crippen LogP contribution is -2.29. The van der Waals surface area contributed by atoms with Crippen molar-refractivity contribution >= 4 is 5.78 Å². The number of rotatable bonds is 5. The third-order valence-corrected chi connectivity index (χ3v) is 3.28. The van der Waals surface area contributed by atoms with Crippen molar-refractivity contribution in [3.8, 4) is 17.0 Å². The van der Waals surface area contributed by atoms with E-state index in [9.17, 15) is 9.59 Å². The van der Waals surface area contributed by atoms with Crippen LogP contribution < -0.4 is 10.3 Å². The van der Waals surface area contributed by atoms with Gasteiger partial charge in [-0.1, -0.05) is 13.8 Å². The van der Waals surface area contributed by atoms with E-state index in [4.69, 9.17) is 4.74 Å². The Morgan fingerprint density at radius 1 is 1.27 bits per heavy atom. The number of ketones is 1. The summed E-state index contributed by atoms with van der Waals surface area (Å²) in [5, 5.41) is 4.39. The minimum Gasteiger partial charge on any atom is -0.497 e. The van der Waals surface area contributed by atoms with Gasteiger partial charge in [0, 0.05) is 12.1 Å². The zero-order valence-electron chi connectivity index (χ0n) is 13.3. The SMILES string of the molecule is COc1ccc(-c2cc(C(C)=O)c(=O)n(CC(C)C)n2)cc1. The van der Waals surface area contributed by atoms with Crippen LogP contribution in [0.3, 0.4) is 0 Å². The van der Waals surface area contributed by atoms with E-state index in [0.717, 1.165) is 11.3 Å². The fourth-order valence-corrected chi connectivity index (χ4v) is 2.17. The van der Waals surface area contributed by atoms with Crippen molar-refractivity contribution in [1.82, 2.24) is 9.78 Å². The lowest BCUT2D eigenvalue weighted by atomic mass is 10.1. The summed E-state index contributed by atoms with van der Waals surface area (Å²) in [5.41, 5.74) is 1.27. The van der Waals surface area contributed by atoms with Crippen molar-refractivity contribution < 1.29 is 9.53 Å². The highest BCUT2D eigenvalue weighted by Gasteiger charge is 2.14. The van der Waals surface area contributed by atoms with E-state index in [1.54, 1.807) is 13.2 Å². The molecule has 0 aliphatic heterocycles. The molecule has 0 saturated carbocycles. The number of carbonyl (C=O) groups excluding carboxylic acids is 1. The van der Waals surface area contributed by atoms with Gasteiger partial charge in [-0.05, 0) is 43.2 Å². The maximum absolute atomic E-state index is 12.3. The van der Waals surface area contributed by atoms with Crippen LogP contribution in [0.25, 0.3) is 11.3 Å². The van der Waals surface area contributed by atoms with Crippen LogP contribution in [0.4, 0.5) is 0 Å². The van der Waals surface area contributed by atoms with Gasteiger partial charge in [-0.3, -0.25) is 9.59 Å². The topological polar surface area (TPSA) is 61.2 Å². The number of hydrogen-bond donors (Lipinski definition) is 0. The number of aromatic nitrogens is 2. The Hall–Kier alpha value is -2.43. The van der Waals surface area contributed by atoms with E-state index >= 15 is 0 Å². The predicted molar refractivity (Wildman–Crippen MR) is 85.3 cm³/mol. The van der Waals surface area contributed by atoms with Gasteiger partial charge in [0.05, 0.1) is 18.4 Å². The summed E-state index contributed by atoms with van der Waals surface area (Å²) in [6.45, 7) is 5.88. The van der Waals surface area contributed by atoms with Crippen LogP contribution in [0.15, 0.2) is 35.1 Å². The second kappa shape index (κ2) is 6.56. The summed E-state index contributed by atoms with van der Waals surface area (Å²) < 4.78 is 6.51. The monoisotopic (exact) mass is 300 g/mol. The first-order chi connectivity index (χ1) is 10.4. The van der Waals surface area contributed by atoms with Gasteiger partial charge in [0.25, 0.3) is 5.56 Å². The van der Waals surface area contributed by atoms with Gasteiger partial charge in [0.2, 0.25) is 0 Å². The van der Waals surface area contributed by atoms with E-state index in [0.29, 0.717) is 12.2 Å². The third kappa shape index (κ3) is 3.42. The van der Waals surface area contributed by atoms with Crippen LogP contribution in [0, 0.1) is 5.92 Å². The summed E-state index contributed by atoms with van der Waals surface area (Å²) in [5.74, 6) is 0.752. The highest BCUT2D eigenvalue weighted by molar-refractivity contribution is 5.94. The third-order valence-electron chi connectivity index (χ3n) is 3.28. The van der Waals surface area contributed by atoms with Crippen LogP contribution in [-0.4, -0.2) is 22.7 Å². The molecule has 0 aliphatic rings. The molecule has 2 aromatic rings. The summed E-state index contributed by atoms with van der Waals surface area (Å²) in [4.78, 5) is 24.0. The molecule has 5 nitrogen and oxygen atoms in total.